The second-order valence-electron chi connectivity index (χ2n) is 4.59. The lowest BCUT2D eigenvalue weighted by atomic mass is 9.80. The molecule has 0 aromatic heterocycles. The molecule has 1 N–H and O–H groups in total. The van der Waals surface area contributed by atoms with Crippen molar-refractivity contribution in [2.24, 2.45) is 0 Å². The molecule has 0 atom stereocenters. The molecule has 1 saturated carbocycles. The van der Waals surface area contributed by atoms with E-state index in [-0.39, 0.29) is 0 Å². The highest BCUT2D eigenvalue weighted by Gasteiger charge is 2.18. The molecule has 0 unspecified atom stereocenters. The molecule has 1 nitrogen and oxygen atoms in total. The fraction of sp³-hybridized carbons (Fsp3) is 0.467. The van der Waals surface area contributed by atoms with Crippen LogP contribution in [0.25, 0.3) is 6.08 Å². The van der Waals surface area contributed by atoms with Crippen LogP contribution in [0, 0.1) is 0 Å². The highest BCUT2D eigenvalue weighted by Crippen LogP contribution is 2.36. The average Bonchev–Trinajstić information content (AvgIpc) is 2.24. The first-order chi connectivity index (χ1) is 7.90. The fourth-order valence-corrected chi connectivity index (χ4v) is 2.07. The summed E-state index contributed by atoms with van der Waals surface area (Å²) < 4.78 is 0. The van der Waals surface area contributed by atoms with Crippen molar-refractivity contribution in [1.29, 1.82) is 0 Å². The Labute approximate surface area is 98.6 Å². The van der Waals surface area contributed by atoms with E-state index in [0.717, 1.165) is 18.9 Å². The second-order valence-corrected chi connectivity index (χ2v) is 4.59. The summed E-state index contributed by atoms with van der Waals surface area (Å²) in [6, 6.07) is 9.07. The topological polar surface area (TPSA) is 12.0 Å². The van der Waals surface area contributed by atoms with Gasteiger partial charge in [0.2, 0.25) is 0 Å². The van der Waals surface area contributed by atoms with Crippen molar-refractivity contribution in [3.05, 3.63) is 41.5 Å². The minimum Gasteiger partial charge on any atom is -0.319 e. The molecule has 1 aliphatic rings. The van der Waals surface area contributed by atoms with Gasteiger partial charge in [-0.05, 0) is 49.9 Å². The van der Waals surface area contributed by atoms with Gasteiger partial charge in [-0.25, -0.2) is 0 Å². The van der Waals surface area contributed by atoms with Gasteiger partial charge < -0.3 is 5.32 Å². The van der Waals surface area contributed by atoms with Crippen molar-refractivity contribution in [2.45, 2.75) is 31.6 Å². The monoisotopic (exact) mass is 215 g/mol. The zero-order valence-corrected chi connectivity index (χ0v) is 10.1. The van der Waals surface area contributed by atoms with E-state index < -0.39 is 0 Å². The lowest BCUT2D eigenvalue weighted by Crippen LogP contribution is -2.08. The summed E-state index contributed by atoms with van der Waals surface area (Å²) in [5.74, 6) is 0.849. The van der Waals surface area contributed by atoms with Crippen molar-refractivity contribution in [2.75, 3.05) is 13.6 Å². The maximum Gasteiger partial charge on any atom is -0.00172 e. The highest BCUT2D eigenvalue weighted by molar-refractivity contribution is 5.50. The average molecular weight is 215 g/mol. The summed E-state index contributed by atoms with van der Waals surface area (Å²) >= 11 is 0. The van der Waals surface area contributed by atoms with Gasteiger partial charge in [-0.1, -0.05) is 42.8 Å². The number of hydrogen-bond acceptors (Lipinski definition) is 1. The molecule has 0 heterocycles. The van der Waals surface area contributed by atoms with Crippen LogP contribution in [0.4, 0.5) is 0 Å². The van der Waals surface area contributed by atoms with Crippen LogP contribution in [-0.4, -0.2) is 13.6 Å². The summed E-state index contributed by atoms with van der Waals surface area (Å²) in [6.45, 7) is 1.05. The molecule has 0 saturated heterocycles. The van der Waals surface area contributed by atoms with E-state index in [2.05, 4.69) is 41.7 Å². The minimum absolute atomic E-state index is 0.849. The van der Waals surface area contributed by atoms with Crippen molar-refractivity contribution >= 4 is 6.08 Å². The van der Waals surface area contributed by atoms with E-state index in [9.17, 15) is 0 Å². The summed E-state index contributed by atoms with van der Waals surface area (Å²) in [7, 11) is 1.99. The summed E-state index contributed by atoms with van der Waals surface area (Å²) in [6.07, 6.45) is 9.72. The molecule has 2 rings (SSSR count). The zero-order valence-electron chi connectivity index (χ0n) is 10.1. The van der Waals surface area contributed by atoms with E-state index in [0.29, 0.717) is 0 Å². The Morgan fingerprint density at radius 1 is 1.25 bits per heavy atom. The molecule has 1 aromatic carbocycles. The molecule has 0 amide bonds. The summed E-state index contributed by atoms with van der Waals surface area (Å²) in [5.41, 5.74) is 2.85. The van der Waals surface area contributed by atoms with Crippen LogP contribution in [0.5, 0.6) is 0 Å². The molecule has 0 radical (unpaired) electrons. The Hall–Kier alpha value is -1.08. The number of hydrogen-bond donors (Lipinski definition) is 1. The smallest absolute Gasteiger partial charge is 0.00172 e. The van der Waals surface area contributed by atoms with Crippen molar-refractivity contribution < 1.29 is 0 Å². The largest absolute Gasteiger partial charge is 0.319 e. The Bertz CT molecular complexity index is 333. The highest BCUT2D eigenvalue weighted by atomic mass is 14.8. The summed E-state index contributed by atoms with van der Waals surface area (Å²) in [5, 5.41) is 3.14. The molecule has 1 aliphatic carbocycles. The maximum atomic E-state index is 3.14. The molecule has 0 bridgehead atoms. The standard InChI is InChI=1S/C15H21N/c1-16-12-3-2-5-13-8-10-15(11-9-13)14-6-4-7-14/h2,5,8-11,14,16H,3-4,6-7,12H2,1H3/b5-2+. The van der Waals surface area contributed by atoms with Crippen LogP contribution >= 0.6 is 0 Å². The van der Waals surface area contributed by atoms with E-state index in [1.807, 2.05) is 7.05 Å². The van der Waals surface area contributed by atoms with E-state index in [4.69, 9.17) is 0 Å². The molecular weight excluding hydrogens is 194 g/mol. The van der Waals surface area contributed by atoms with Crippen molar-refractivity contribution in [3.8, 4) is 0 Å². The van der Waals surface area contributed by atoms with Crippen LogP contribution in [0.2, 0.25) is 0 Å². The van der Waals surface area contributed by atoms with Gasteiger partial charge in [0.25, 0.3) is 0 Å². The first kappa shape index (κ1) is 11.4. The molecule has 1 aromatic rings. The summed E-state index contributed by atoms with van der Waals surface area (Å²) in [4.78, 5) is 0. The van der Waals surface area contributed by atoms with Crippen molar-refractivity contribution in [3.63, 3.8) is 0 Å². The minimum atomic E-state index is 0.849. The number of benzene rings is 1. The predicted octanol–water partition coefficient (Wildman–Crippen LogP) is 3.58. The molecule has 86 valence electrons. The third-order valence-electron chi connectivity index (χ3n) is 3.38. The Morgan fingerprint density at radius 3 is 2.56 bits per heavy atom. The molecule has 0 spiro atoms. The first-order valence-electron chi connectivity index (χ1n) is 6.31. The lowest BCUT2D eigenvalue weighted by molar-refractivity contribution is 0.420. The third-order valence-corrected chi connectivity index (χ3v) is 3.38. The first-order valence-corrected chi connectivity index (χ1v) is 6.31. The molecule has 16 heavy (non-hydrogen) atoms. The molecule has 1 heteroatoms. The van der Waals surface area contributed by atoms with E-state index in [1.165, 1.54) is 30.4 Å². The van der Waals surface area contributed by atoms with Crippen LogP contribution < -0.4 is 5.32 Å². The van der Waals surface area contributed by atoms with Crippen LogP contribution in [0.1, 0.15) is 42.7 Å². The van der Waals surface area contributed by atoms with Gasteiger partial charge in [0.1, 0.15) is 0 Å². The van der Waals surface area contributed by atoms with Crippen LogP contribution in [0.3, 0.4) is 0 Å². The quantitative estimate of drug-likeness (QED) is 0.740. The van der Waals surface area contributed by atoms with E-state index in [1.54, 1.807) is 0 Å². The maximum absolute atomic E-state index is 3.14. The number of rotatable bonds is 5. The Balaban J connectivity index is 1.88. The van der Waals surface area contributed by atoms with Gasteiger partial charge in [0.15, 0.2) is 0 Å². The van der Waals surface area contributed by atoms with Crippen LogP contribution in [-0.2, 0) is 0 Å². The molecule has 0 aliphatic heterocycles. The van der Waals surface area contributed by atoms with Crippen molar-refractivity contribution in [1.82, 2.24) is 5.32 Å². The molecule has 1 fully saturated rings. The van der Waals surface area contributed by atoms with Crippen LogP contribution in [0.15, 0.2) is 30.3 Å². The zero-order chi connectivity index (χ0) is 11.2. The second kappa shape index (κ2) is 5.86. The normalized spacial score (nSPS) is 16.6. The van der Waals surface area contributed by atoms with Gasteiger partial charge in [-0.15, -0.1) is 0 Å². The Morgan fingerprint density at radius 2 is 2.00 bits per heavy atom. The number of nitrogens with one attached hydrogen (secondary N) is 1. The lowest BCUT2D eigenvalue weighted by Gasteiger charge is -2.25. The van der Waals surface area contributed by atoms with Gasteiger partial charge in [-0.3, -0.25) is 0 Å². The van der Waals surface area contributed by atoms with Gasteiger partial charge in [-0.2, -0.15) is 0 Å². The molecular formula is C15H21N. The van der Waals surface area contributed by atoms with Gasteiger partial charge >= 0.3 is 0 Å². The SMILES string of the molecule is CNCC/C=C/c1ccc(C2CCC2)cc1. The van der Waals surface area contributed by atoms with Gasteiger partial charge in [0.05, 0.1) is 0 Å². The van der Waals surface area contributed by atoms with E-state index >= 15 is 0 Å². The fourth-order valence-electron chi connectivity index (χ4n) is 2.07. The van der Waals surface area contributed by atoms with Gasteiger partial charge in [0, 0.05) is 0 Å². The third kappa shape index (κ3) is 2.96. The predicted molar refractivity (Wildman–Crippen MR) is 70.6 cm³/mol. The Kier molecular flexibility index (Phi) is 4.17.